The van der Waals surface area contributed by atoms with Crippen molar-refractivity contribution in [3.63, 3.8) is 0 Å². The Morgan fingerprint density at radius 3 is 2.52 bits per heavy atom. The molecule has 0 bridgehead atoms. The number of aromatic nitrogens is 2. The Bertz CT molecular complexity index is 985. The summed E-state index contributed by atoms with van der Waals surface area (Å²) in [6.45, 7) is 2.44. The lowest BCUT2D eigenvalue weighted by Gasteiger charge is -2.31. The molecule has 0 spiro atoms. The quantitative estimate of drug-likeness (QED) is 0.615. The van der Waals surface area contributed by atoms with Crippen LogP contribution in [0.3, 0.4) is 0 Å². The van der Waals surface area contributed by atoms with E-state index < -0.39 is 5.91 Å². The highest BCUT2D eigenvalue weighted by molar-refractivity contribution is 7.15. The van der Waals surface area contributed by atoms with Crippen LogP contribution in [0.4, 0.5) is 5.69 Å². The van der Waals surface area contributed by atoms with Crippen molar-refractivity contribution >= 4 is 46.3 Å². The van der Waals surface area contributed by atoms with Gasteiger partial charge in [-0.1, -0.05) is 22.9 Å². The second-order valence-corrected chi connectivity index (χ2v) is 9.67. The highest BCUT2D eigenvalue weighted by atomic mass is 35.5. The number of amides is 3. The zero-order chi connectivity index (χ0) is 23.2. The molecule has 1 unspecified atom stereocenters. The summed E-state index contributed by atoms with van der Waals surface area (Å²) in [5.41, 5.74) is 0.578. The van der Waals surface area contributed by atoms with Gasteiger partial charge >= 0.3 is 0 Å². The van der Waals surface area contributed by atoms with Crippen LogP contribution in [0, 0.1) is 5.92 Å². The second kappa shape index (κ2) is 11.0. The van der Waals surface area contributed by atoms with E-state index in [1.807, 2.05) is 0 Å². The summed E-state index contributed by atoms with van der Waals surface area (Å²) >= 11 is 6.82. The van der Waals surface area contributed by atoms with Crippen molar-refractivity contribution in [2.45, 2.75) is 38.2 Å². The van der Waals surface area contributed by atoms with E-state index in [4.69, 9.17) is 16.3 Å². The van der Waals surface area contributed by atoms with Crippen LogP contribution in [-0.4, -0.2) is 65.2 Å². The van der Waals surface area contributed by atoms with Gasteiger partial charge in [0.1, 0.15) is 0 Å². The van der Waals surface area contributed by atoms with Gasteiger partial charge in [0.25, 0.3) is 11.8 Å². The second-order valence-electron chi connectivity index (χ2n) is 8.25. The first-order valence-corrected chi connectivity index (χ1v) is 12.3. The number of ether oxygens (including phenoxy) is 1. The van der Waals surface area contributed by atoms with Gasteiger partial charge in [0, 0.05) is 43.4 Å². The van der Waals surface area contributed by atoms with E-state index in [2.05, 4.69) is 20.8 Å². The fraction of sp³-hybridized carbons (Fsp3) is 0.500. The molecule has 2 aromatic rings. The van der Waals surface area contributed by atoms with Gasteiger partial charge < -0.3 is 20.3 Å². The fourth-order valence-electron chi connectivity index (χ4n) is 3.96. The first-order chi connectivity index (χ1) is 16.0. The first kappa shape index (κ1) is 23.6. The van der Waals surface area contributed by atoms with E-state index in [1.165, 1.54) is 0 Å². The van der Waals surface area contributed by atoms with Crippen LogP contribution in [0.5, 0.6) is 0 Å². The Morgan fingerprint density at radius 1 is 1.09 bits per heavy atom. The molecule has 1 atom stereocenters. The summed E-state index contributed by atoms with van der Waals surface area (Å²) in [5.74, 6) is -0.384. The number of rotatable bonds is 7. The van der Waals surface area contributed by atoms with Crippen LogP contribution in [0.25, 0.3) is 0 Å². The number of carbonyl (C=O) groups excluding carboxylic acids is 3. The summed E-state index contributed by atoms with van der Waals surface area (Å²) in [5, 5.41) is 14.3. The van der Waals surface area contributed by atoms with E-state index in [0.29, 0.717) is 36.8 Å². The third-order valence-electron chi connectivity index (χ3n) is 5.83. The Hall–Kier alpha value is -2.56. The number of nitrogens with one attached hydrogen (secondary N) is 2. The van der Waals surface area contributed by atoms with Crippen molar-refractivity contribution in [3.05, 3.63) is 39.3 Å². The molecular weight excluding hydrogens is 466 g/mol. The Balaban J connectivity index is 1.22. The number of carbonyl (C=O) groups is 3. The van der Waals surface area contributed by atoms with Gasteiger partial charge in [-0.25, -0.2) is 0 Å². The van der Waals surface area contributed by atoms with Crippen LogP contribution in [0.15, 0.2) is 24.3 Å². The smallest absolute Gasteiger partial charge is 0.286 e. The standard InChI is InChI=1S/C22H26ClN5O4S/c23-15-3-5-16(6-4-15)25-19(30)20-26-27-21(33-20)22(31)28-9-7-14(8-10-28)12-18(29)24-13-17-2-1-11-32-17/h3-6,14,17H,1-2,7-13H2,(H,24,29)(H,25,30). The minimum Gasteiger partial charge on any atom is -0.376 e. The van der Waals surface area contributed by atoms with Gasteiger partial charge in [-0.3, -0.25) is 14.4 Å². The molecule has 9 nitrogen and oxygen atoms in total. The average molecular weight is 492 g/mol. The van der Waals surface area contributed by atoms with E-state index in [-0.39, 0.29) is 33.9 Å². The van der Waals surface area contributed by atoms with E-state index in [9.17, 15) is 14.4 Å². The molecule has 4 rings (SSSR count). The lowest BCUT2D eigenvalue weighted by molar-refractivity contribution is -0.122. The molecule has 3 heterocycles. The van der Waals surface area contributed by atoms with Gasteiger partial charge in [-0.2, -0.15) is 0 Å². The van der Waals surface area contributed by atoms with E-state index in [1.54, 1.807) is 29.2 Å². The van der Waals surface area contributed by atoms with Crippen molar-refractivity contribution < 1.29 is 19.1 Å². The van der Waals surface area contributed by atoms with E-state index in [0.717, 1.165) is 43.6 Å². The number of hydrogen-bond acceptors (Lipinski definition) is 7. The van der Waals surface area contributed by atoms with Crippen molar-refractivity contribution in [1.82, 2.24) is 20.4 Å². The van der Waals surface area contributed by atoms with Crippen molar-refractivity contribution in [1.29, 1.82) is 0 Å². The predicted octanol–water partition coefficient (Wildman–Crippen LogP) is 2.98. The third kappa shape index (κ3) is 6.49. The molecular formula is C22H26ClN5O4S. The molecule has 33 heavy (non-hydrogen) atoms. The molecule has 0 radical (unpaired) electrons. The molecule has 3 amide bonds. The van der Waals surface area contributed by atoms with Gasteiger partial charge in [-0.15, -0.1) is 10.2 Å². The molecule has 1 aromatic carbocycles. The van der Waals surface area contributed by atoms with E-state index >= 15 is 0 Å². The summed E-state index contributed by atoms with van der Waals surface area (Å²) in [6.07, 6.45) is 4.15. The Morgan fingerprint density at radius 2 is 1.82 bits per heavy atom. The van der Waals surface area contributed by atoms with Crippen molar-refractivity contribution in [2.24, 2.45) is 5.92 Å². The number of piperidine rings is 1. The maximum absolute atomic E-state index is 12.8. The normalized spacial score (nSPS) is 18.8. The van der Waals surface area contributed by atoms with Gasteiger partial charge in [0.2, 0.25) is 15.9 Å². The zero-order valence-corrected chi connectivity index (χ0v) is 19.7. The molecule has 2 saturated heterocycles. The molecule has 0 saturated carbocycles. The maximum atomic E-state index is 12.8. The van der Waals surface area contributed by atoms with Crippen LogP contribution in [0.2, 0.25) is 5.02 Å². The number of hydrogen-bond donors (Lipinski definition) is 2. The molecule has 1 aromatic heterocycles. The summed E-state index contributed by atoms with van der Waals surface area (Å²) in [6, 6.07) is 6.70. The van der Waals surface area contributed by atoms with Gasteiger partial charge in [0.05, 0.1) is 6.10 Å². The number of benzene rings is 1. The predicted molar refractivity (Wildman–Crippen MR) is 125 cm³/mol. The fourth-order valence-corrected chi connectivity index (χ4v) is 4.79. The van der Waals surface area contributed by atoms with Crippen LogP contribution >= 0.6 is 22.9 Å². The lowest BCUT2D eigenvalue weighted by atomic mass is 9.93. The van der Waals surface area contributed by atoms with Crippen LogP contribution in [0.1, 0.15) is 51.7 Å². The number of anilines is 1. The first-order valence-electron chi connectivity index (χ1n) is 11.1. The van der Waals surface area contributed by atoms with Crippen molar-refractivity contribution in [3.8, 4) is 0 Å². The number of nitrogens with zero attached hydrogens (tertiary/aromatic N) is 3. The summed E-state index contributed by atoms with van der Waals surface area (Å²) < 4.78 is 5.53. The maximum Gasteiger partial charge on any atom is 0.286 e. The third-order valence-corrected chi connectivity index (χ3v) is 6.99. The molecule has 2 aliphatic heterocycles. The highest BCUT2D eigenvalue weighted by Crippen LogP contribution is 2.23. The SMILES string of the molecule is O=C(CC1CCN(C(=O)c2nnc(C(=O)Nc3ccc(Cl)cc3)s2)CC1)NCC1CCCO1. The van der Waals surface area contributed by atoms with Gasteiger partial charge in [0.15, 0.2) is 0 Å². The van der Waals surface area contributed by atoms with Crippen LogP contribution < -0.4 is 10.6 Å². The lowest BCUT2D eigenvalue weighted by Crippen LogP contribution is -2.40. The average Bonchev–Trinajstić information content (AvgIpc) is 3.52. The molecule has 2 N–H and O–H groups in total. The van der Waals surface area contributed by atoms with Crippen molar-refractivity contribution in [2.75, 3.05) is 31.6 Å². The highest BCUT2D eigenvalue weighted by Gasteiger charge is 2.28. The Labute approximate surface area is 200 Å². The minimum absolute atomic E-state index is 0.0377. The molecule has 176 valence electrons. The summed E-state index contributed by atoms with van der Waals surface area (Å²) in [7, 11) is 0. The van der Waals surface area contributed by atoms with Crippen LogP contribution in [-0.2, 0) is 9.53 Å². The minimum atomic E-state index is -0.429. The molecule has 2 aliphatic rings. The molecule has 11 heteroatoms. The topological polar surface area (TPSA) is 114 Å². The zero-order valence-electron chi connectivity index (χ0n) is 18.1. The monoisotopic (exact) mass is 491 g/mol. The van der Waals surface area contributed by atoms with Gasteiger partial charge in [-0.05, 0) is 55.9 Å². The largest absolute Gasteiger partial charge is 0.376 e. The summed E-state index contributed by atoms with van der Waals surface area (Å²) in [4.78, 5) is 39.1. The Kier molecular flexibility index (Phi) is 7.89. The number of halogens is 1. The molecule has 0 aliphatic carbocycles. The number of likely N-dealkylation sites (tertiary alicyclic amines) is 1. The molecule has 2 fully saturated rings.